The van der Waals surface area contributed by atoms with E-state index in [1.807, 2.05) is 0 Å². The largest absolute Gasteiger partial charge is 0.245 e. The van der Waals surface area contributed by atoms with Gasteiger partial charge in [0.25, 0.3) is 0 Å². The van der Waals surface area contributed by atoms with Crippen LogP contribution in [0.3, 0.4) is 0 Å². The van der Waals surface area contributed by atoms with Crippen LogP contribution < -0.4 is 4.72 Å². The van der Waals surface area contributed by atoms with Crippen molar-refractivity contribution in [1.82, 2.24) is 9.71 Å². The van der Waals surface area contributed by atoms with Crippen LogP contribution in [0.4, 0.5) is 13.2 Å². The summed E-state index contributed by atoms with van der Waals surface area (Å²) in [7, 11) is -4.28. The molecule has 0 amide bonds. The van der Waals surface area contributed by atoms with Gasteiger partial charge in [-0.3, -0.25) is 0 Å². The number of nitrogens with zero attached hydrogens (tertiary/aromatic N) is 1. The van der Waals surface area contributed by atoms with E-state index in [-0.39, 0.29) is 6.54 Å². The minimum Gasteiger partial charge on any atom is -0.245 e. The summed E-state index contributed by atoms with van der Waals surface area (Å²) in [6.45, 7) is 1.59. The Morgan fingerprint density at radius 2 is 1.95 bits per heavy atom. The Bertz CT molecular complexity index is 744. The molecule has 0 radical (unpaired) electrons. The highest BCUT2D eigenvalue weighted by atomic mass is 32.2. The number of rotatable bonds is 4. The van der Waals surface area contributed by atoms with Crippen LogP contribution in [0.5, 0.6) is 0 Å². The molecule has 0 aliphatic rings. The number of sulfonamides is 1. The molecule has 1 aromatic heterocycles. The van der Waals surface area contributed by atoms with E-state index in [9.17, 15) is 21.6 Å². The lowest BCUT2D eigenvalue weighted by atomic mass is 10.3. The normalized spacial score (nSPS) is 11.8. The maximum atomic E-state index is 13.4. The second kappa shape index (κ2) is 5.51. The minimum atomic E-state index is -4.28. The summed E-state index contributed by atoms with van der Waals surface area (Å²) in [4.78, 5) is 3.09. The highest BCUT2D eigenvalue weighted by Crippen LogP contribution is 2.20. The molecule has 1 heterocycles. The van der Waals surface area contributed by atoms with Gasteiger partial charge in [-0.15, -0.1) is 11.3 Å². The van der Waals surface area contributed by atoms with Crippen molar-refractivity contribution in [1.29, 1.82) is 0 Å². The van der Waals surface area contributed by atoms with Crippen molar-refractivity contribution in [3.8, 4) is 0 Å². The lowest BCUT2D eigenvalue weighted by Crippen LogP contribution is -2.24. The van der Waals surface area contributed by atoms with Gasteiger partial charge in [-0.05, 0) is 19.1 Å². The summed E-state index contributed by atoms with van der Waals surface area (Å²) >= 11 is 1.23. The molecule has 0 saturated heterocycles. The highest BCUT2D eigenvalue weighted by molar-refractivity contribution is 7.89. The molecule has 20 heavy (non-hydrogen) atoms. The zero-order valence-electron chi connectivity index (χ0n) is 10.2. The second-order valence-electron chi connectivity index (χ2n) is 3.88. The number of aryl methyl sites for hydroxylation is 1. The Labute approximate surface area is 117 Å². The van der Waals surface area contributed by atoms with Crippen molar-refractivity contribution in [2.45, 2.75) is 18.4 Å². The number of hydrogen-bond donors (Lipinski definition) is 1. The first-order valence-corrected chi connectivity index (χ1v) is 7.71. The Morgan fingerprint density at radius 1 is 1.25 bits per heavy atom. The number of hydrogen-bond acceptors (Lipinski definition) is 4. The van der Waals surface area contributed by atoms with Crippen LogP contribution in [0.2, 0.25) is 0 Å². The molecule has 2 aromatic rings. The molecule has 0 bridgehead atoms. The Morgan fingerprint density at radius 3 is 2.55 bits per heavy atom. The molecule has 1 N–H and O–H groups in total. The summed E-state index contributed by atoms with van der Waals surface area (Å²) in [5, 5.41) is 2.20. The van der Waals surface area contributed by atoms with E-state index >= 15 is 0 Å². The van der Waals surface area contributed by atoms with Gasteiger partial charge in [-0.2, -0.15) is 0 Å². The molecule has 0 aliphatic carbocycles. The topological polar surface area (TPSA) is 59.1 Å². The van der Waals surface area contributed by atoms with Crippen molar-refractivity contribution < 1.29 is 21.6 Å². The maximum absolute atomic E-state index is 13.4. The standard InChI is InChI=1S/C11H9F3N2O2S2/c1-6-5-19-9(16-6)4-15-20(17,18)8-3-2-7(12)10(13)11(8)14/h2-3,5,15H,4H2,1H3. The van der Waals surface area contributed by atoms with Gasteiger partial charge in [0.1, 0.15) is 9.90 Å². The number of nitrogens with one attached hydrogen (secondary N) is 1. The molecule has 0 spiro atoms. The summed E-state index contributed by atoms with van der Waals surface area (Å²) in [5.41, 5.74) is 0.725. The van der Waals surface area contributed by atoms with Gasteiger partial charge in [0.2, 0.25) is 10.0 Å². The quantitative estimate of drug-likeness (QED) is 0.879. The summed E-state index contributed by atoms with van der Waals surface area (Å²) in [6.07, 6.45) is 0. The molecule has 1 aromatic carbocycles. The molecule has 0 fully saturated rings. The fraction of sp³-hybridized carbons (Fsp3) is 0.182. The number of halogens is 3. The van der Waals surface area contributed by atoms with Crippen LogP contribution in [-0.4, -0.2) is 13.4 Å². The first-order chi connectivity index (χ1) is 9.31. The molecular weight excluding hydrogens is 313 g/mol. The van der Waals surface area contributed by atoms with Crippen LogP contribution in [0.25, 0.3) is 0 Å². The van der Waals surface area contributed by atoms with Gasteiger partial charge in [0.15, 0.2) is 17.5 Å². The Kier molecular flexibility index (Phi) is 4.11. The van der Waals surface area contributed by atoms with E-state index in [2.05, 4.69) is 9.71 Å². The van der Waals surface area contributed by atoms with Gasteiger partial charge in [0, 0.05) is 11.1 Å². The Balaban J connectivity index is 2.25. The van der Waals surface area contributed by atoms with Crippen molar-refractivity contribution in [3.05, 3.63) is 45.7 Å². The number of aromatic nitrogens is 1. The SMILES string of the molecule is Cc1csc(CNS(=O)(=O)c2ccc(F)c(F)c2F)n1. The van der Waals surface area contributed by atoms with E-state index in [1.54, 1.807) is 12.3 Å². The minimum absolute atomic E-state index is 0.153. The van der Waals surface area contributed by atoms with Gasteiger partial charge in [-0.1, -0.05) is 0 Å². The predicted octanol–water partition coefficient (Wildman–Crippen LogP) is 2.35. The molecule has 0 aliphatic heterocycles. The Hall–Kier alpha value is -1.45. The summed E-state index contributed by atoms with van der Waals surface area (Å²) in [5.74, 6) is -5.01. The average Bonchev–Trinajstić information content (AvgIpc) is 2.79. The van der Waals surface area contributed by atoms with Crippen LogP contribution in [0.15, 0.2) is 22.4 Å². The summed E-state index contributed by atoms with van der Waals surface area (Å²) in [6, 6.07) is 1.23. The molecule has 0 unspecified atom stereocenters. The highest BCUT2D eigenvalue weighted by Gasteiger charge is 2.23. The smallest absolute Gasteiger partial charge is 0.243 e. The van der Waals surface area contributed by atoms with Gasteiger partial charge in [0.05, 0.1) is 6.54 Å². The van der Waals surface area contributed by atoms with Gasteiger partial charge in [-0.25, -0.2) is 31.3 Å². The fourth-order valence-corrected chi connectivity index (χ4v) is 3.29. The zero-order valence-corrected chi connectivity index (χ0v) is 11.8. The van der Waals surface area contributed by atoms with Crippen molar-refractivity contribution in [2.24, 2.45) is 0 Å². The number of thiazole rings is 1. The van der Waals surface area contributed by atoms with E-state index < -0.39 is 32.4 Å². The third-order valence-corrected chi connectivity index (χ3v) is 4.75. The van der Waals surface area contributed by atoms with Crippen LogP contribution in [0, 0.1) is 24.4 Å². The molecule has 0 saturated carbocycles. The summed E-state index contributed by atoms with van der Waals surface area (Å²) < 4.78 is 65.0. The van der Waals surface area contributed by atoms with Crippen LogP contribution in [0.1, 0.15) is 10.7 Å². The van der Waals surface area contributed by atoms with Gasteiger partial charge < -0.3 is 0 Å². The van der Waals surface area contributed by atoms with Crippen molar-refractivity contribution in [3.63, 3.8) is 0 Å². The molecule has 2 rings (SSSR count). The van der Waals surface area contributed by atoms with E-state index in [4.69, 9.17) is 0 Å². The predicted molar refractivity (Wildman–Crippen MR) is 67.2 cm³/mol. The van der Waals surface area contributed by atoms with Crippen molar-refractivity contribution in [2.75, 3.05) is 0 Å². The van der Waals surface area contributed by atoms with Crippen molar-refractivity contribution >= 4 is 21.4 Å². The van der Waals surface area contributed by atoms with E-state index in [0.29, 0.717) is 17.1 Å². The molecule has 0 atom stereocenters. The van der Waals surface area contributed by atoms with E-state index in [1.165, 1.54) is 11.3 Å². The van der Waals surface area contributed by atoms with E-state index in [0.717, 1.165) is 5.69 Å². The fourth-order valence-electron chi connectivity index (χ4n) is 1.43. The molecule has 9 heteroatoms. The third-order valence-electron chi connectivity index (χ3n) is 2.37. The van der Waals surface area contributed by atoms with Crippen LogP contribution in [-0.2, 0) is 16.6 Å². The molecule has 4 nitrogen and oxygen atoms in total. The lowest BCUT2D eigenvalue weighted by Gasteiger charge is -2.07. The number of benzene rings is 1. The van der Waals surface area contributed by atoms with Crippen LogP contribution >= 0.6 is 11.3 Å². The zero-order chi connectivity index (χ0) is 14.9. The first kappa shape index (κ1) is 14.9. The molecular formula is C11H9F3N2O2S2. The monoisotopic (exact) mass is 322 g/mol. The lowest BCUT2D eigenvalue weighted by molar-refractivity contribution is 0.431. The first-order valence-electron chi connectivity index (χ1n) is 5.35. The third kappa shape index (κ3) is 3.00. The second-order valence-corrected chi connectivity index (χ2v) is 6.56. The molecule has 108 valence electrons. The maximum Gasteiger partial charge on any atom is 0.243 e. The van der Waals surface area contributed by atoms with Gasteiger partial charge >= 0.3 is 0 Å². The average molecular weight is 322 g/mol.